The van der Waals surface area contributed by atoms with Gasteiger partial charge in [0.15, 0.2) is 0 Å². The van der Waals surface area contributed by atoms with Crippen LogP contribution < -0.4 is 21.3 Å². The van der Waals surface area contributed by atoms with E-state index in [0.717, 1.165) is 44.3 Å². The molecule has 4 N–H and O–H groups in total. The van der Waals surface area contributed by atoms with Crippen LogP contribution in [-0.4, -0.2) is 37.4 Å². The minimum Gasteiger partial charge on any atom is -0.348 e. The second-order valence-electron chi connectivity index (χ2n) is 7.27. The topological polar surface area (TPSA) is 99.3 Å². The number of anilines is 1. The molecule has 1 aliphatic heterocycles. The maximum atomic E-state index is 12.0. The molecular formula is C21H32N4O3. The van der Waals surface area contributed by atoms with Gasteiger partial charge in [-0.25, -0.2) is 0 Å². The molecule has 0 spiro atoms. The summed E-state index contributed by atoms with van der Waals surface area (Å²) in [7, 11) is 0. The number of rotatable bonds is 8. The lowest BCUT2D eigenvalue weighted by Gasteiger charge is -2.13. The van der Waals surface area contributed by atoms with E-state index in [1.54, 1.807) is 12.1 Å². The van der Waals surface area contributed by atoms with Gasteiger partial charge in [-0.1, -0.05) is 19.1 Å². The number of nitrogens with one attached hydrogen (secondary N) is 4. The first-order valence-corrected chi connectivity index (χ1v) is 10.2. The maximum Gasteiger partial charge on any atom is 0.309 e. The number of benzene rings is 1. The average molecular weight is 389 g/mol. The number of carbonyl (C=O) groups excluding carboxylic acids is 3. The fourth-order valence-electron chi connectivity index (χ4n) is 3.32. The molecule has 2 rings (SSSR count). The summed E-state index contributed by atoms with van der Waals surface area (Å²) in [6.45, 7) is 4.80. The molecule has 28 heavy (non-hydrogen) atoms. The summed E-state index contributed by atoms with van der Waals surface area (Å²) in [5.41, 5.74) is 1.51. The highest BCUT2D eigenvalue weighted by Crippen LogP contribution is 2.16. The molecule has 1 heterocycles. The highest BCUT2D eigenvalue weighted by molar-refractivity contribution is 6.35. The molecule has 1 fully saturated rings. The second-order valence-corrected chi connectivity index (χ2v) is 7.27. The third-order valence-electron chi connectivity index (χ3n) is 4.88. The van der Waals surface area contributed by atoms with E-state index in [1.165, 1.54) is 6.42 Å². The van der Waals surface area contributed by atoms with Crippen LogP contribution in [0.2, 0.25) is 0 Å². The third kappa shape index (κ3) is 8.08. The molecule has 1 aliphatic rings. The Kier molecular flexibility index (Phi) is 9.48. The second kappa shape index (κ2) is 12.1. The molecule has 1 atom stereocenters. The number of carbonyl (C=O) groups is 3. The fraction of sp³-hybridized carbons (Fsp3) is 0.571. The molecule has 1 aromatic rings. The third-order valence-corrected chi connectivity index (χ3v) is 4.88. The predicted molar refractivity (Wildman–Crippen MR) is 110 cm³/mol. The standard InChI is InChI=1S/C21H32N4O3/c1-2-5-19(26)25-18-8-3-6-17(14-18)15-24-21(28)20(27)23-13-10-16-7-4-11-22-12-9-16/h3,6,8,14,16,22H,2,4-5,7,9-13,15H2,1H3,(H,23,27)(H,24,28)(H,25,26). The van der Waals surface area contributed by atoms with Gasteiger partial charge in [-0.2, -0.15) is 0 Å². The minimum atomic E-state index is -0.636. The molecule has 1 aromatic carbocycles. The molecule has 3 amide bonds. The first-order chi connectivity index (χ1) is 13.6. The van der Waals surface area contributed by atoms with Crippen LogP contribution in [0, 0.1) is 5.92 Å². The van der Waals surface area contributed by atoms with Crippen LogP contribution in [-0.2, 0) is 20.9 Å². The van der Waals surface area contributed by atoms with Crippen LogP contribution in [0.15, 0.2) is 24.3 Å². The van der Waals surface area contributed by atoms with Crippen LogP contribution in [0.5, 0.6) is 0 Å². The van der Waals surface area contributed by atoms with Crippen LogP contribution >= 0.6 is 0 Å². The number of hydrogen-bond acceptors (Lipinski definition) is 4. The highest BCUT2D eigenvalue weighted by Gasteiger charge is 2.15. The summed E-state index contributed by atoms with van der Waals surface area (Å²) < 4.78 is 0. The molecule has 0 saturated carbocycles. The van der Waals surface area contributed by atoms with Gasteiger partial charge in [0.05, 0.1) is 0 Å². The lowest BCUT2D eigenvalue weighted by molar-refractivity contribution is -0.139. The first-order valence-electron chi connectivity index (χ1n) is 10.2. The predicted octanol–water partition coefficient (Wildman–Crippen LogP) is 1.94. The lowest BCUT2D eigenvalue weighted by Crippen LogP contribution is -2.40. The molecule has 0 aliphatic carbocycles. The summed E-state index contributed by atoms with van der Waals surface area (Å²) in [5.74, 6) is -0.668. The van der Waals surface area contributed by atoms with Crippen LogP contribution in [0.4, 0.5) is 5.69 Å². The summed E-state index contributed by atoms with van der Waals surface area (Å²) in [6.07, 6.45) is 5.61. The Bertz CT molecular complexity index is 655. The van der Waals surface area contributed by atoms with E-state index >= 15 is 0 Å². The zero-order valence-corrected chi connectivity index (χ0v) is 16.7. The van der Waals surface area contributed by atoms with E-state index in [2.05, 4.69) is 21.3 Å². The van der Waals surface area contributed by atoms with Crippen molar-refractivity contribution in [2.45, 2.75) is 52.0 Å². The summed E-state index contributed by atoms with van der Waals surface area (Å²) >= 11 is 0. The molecule has 0 aromatic heterocycles. The Morgan fingerprint density at radius 1 is 1.11 bits per heavy atom. The van der Waals surface area contributed by atoms with E-state index in [4.69, 9.17) is 0 Å². The SMILES string of the molecule is CCCC(=O)Nc1cccc(CNC(=O)C(=O)NCCC2CCCNCC2)c1. The smallest absolute Gasteiger partial charge is 0.309 e. The Hall–Kier alpha value is -2.41. The van der Waals surface area contributed by atoms with Gasteiger partial charge >= 0.3 is 11.8 Å². The summed E-state index contributed by atoms with van der Waals surface area (Å²) in [4.78, 5) is 35.6. The highest BCUT2D eigenvalue weighted by atomic mass is 16.2. The Labute approximate surface area is 167 Å². The van der Waals surface area contributed by atoms with Gasteiger partial charge < -0.3 is 21.3 Å². The zero-order chi connectivity index (χ0) is 20.2. The van der Waals surface area contributed by atoms with Crippen molar-refractivity contribution in [3.05, 3.63) is 29.8 Å². The molecular weight excluding hydrogens is 356 g/mol. The van der Waals surface area contributed by atoms with Crippen molar-refractivity contribution < 1.29 is 14.4 Å². The zero-order valence-electron chi connectivity index (χ0n) is 16.7. The van der Waals surface area contributed by atoms with Crippen molar-refractivity contribution in [3.63, 3.8) is 0 Å². The van der Waals surface area contributed by atoms with Gasteiger partial charge in [0.25, 0.3) is 0 Å². The van der Waals surface area contributed by atoms with Crippen molar-refractivity contribution in [1.29, 1.82) is 0 Å². The molecule has 1 unspecified atom stereocenters. The Balaban J connectivity index is 1.70. The van der Waals surface area contributed by atoms with Crippen molar-refractivity contribution in [3.8, 4) is 0 Å². The van der Waals surface area contributed by atoms with Gasteiger partial charge in [0, 0.05) is 25.2 Å². The van der Waals surface area contributed by atoms with E-state index < -0.39 is 11.8 Å². The van der Waals surface area contributed by atoms with Crippen molar-refractivity contribution in [2.24, 2.45) is 5.92 Å². The first kappa shape index (κ1) is 21.9. The van der Waals surface area contributed by atoms with Crippen LogP contribution in [0.3, 0.4) is 0 Å². The van der Waals surface area contributed by atoms with Gasteiger partial charge in [-0.3, -0.25) is 14.4 Å². The molecule has 154 valence electrons. The lowest BCUT2D eigenvalue weighted by atomic mass is 9.97. The monoisotopic (exact) mass is 388 g/mol. The van der Waals surface area contributed by atoms with Gasteiger partial charge in [0.1, 0.15) is 0 Å². The maximum absolute atomic E-state index is 12.0. The summed E-state index contributed by atoms with van der Waals surface area (Å²) in [6, 6.07) is 7.25. The molecule has 1 saturated heterocycles. The van der Waals surface area contributed by atoms with Crippen molar-refractivity contribution in [2.75, 3.05) is 25.0 Å². The van der Waals surface area contributed by atoms with E-state index in [-0.39, 0.29) is 12.5 Å². The van der Waals surface area contributed by atoms with Gasteiger partial charge in [-0.15, -0.1) is 0 Å². The fourth-order valence-corrected chi connectivity index (χ4v) is 3.32. The number of amides is 3. The van der Waals surface area contributed by atoms with Crippen LogP contribution in [0.25, 0.3) is 0 Å². The molecule has 7 heteroatoms. The van der Waals surface area contributed by atoms with Gasteiger partial charge in [-0.05, 0) is 68.8 Å². The van der Waals surface area contributed by atoms with Crippen molar-refractivity contribution >= 4 is 23.4 Å². The minimum absolute atomic E-state index is 0.0347. The molecule has 0 radical (unpaired) electrons. The molecule has 0 bridgehead atoms. The Morgan fingerprint density at radius 3 is 2.75 bits per heavy atom. The van der Waals surface area contributed by atoms with E-state index in [9.17, 15) is 14.4 Å². The molecule has 7 nitrogen and oxygen atoms in total. The average Bonchev–Trinajstić information content (AvgIpc) is 2.95. The largest absolute Gasteiger partial charge is 0.348 e. The Morgan fingerprint density at radius 2 is 1.93 bits per heavy atom. The van der Waals surface area contributed by atoms with Crippen molar-refractivity contribution in [1.82, 2.24) is 16.0 Å². The van der Waals surface area contributed by atoms with Crippen LogP contribution in [0.1, 0.15) is 51.0 Å². The van der Waals surface area contributed by atoms with E-state index in [0.29, 0.717) is 24.6 Å². The van der Waals surface area contributed by atoms with Gasteiger partial charge in [0.2, 0.25) is 5.91 Å². The quantitative estimate of drug-likeness (QED) is 0.512. The van der Waals surface area contributed by atoms with E-state index in [1.807, 2.05) is 19.1 Å². The number of hydrogen-bond donors (Lipinski definition) is 4. The summed E-state index contributed by atoms with van der Waals surface area (Å²) in [5, 5.41) is 11.5. The normalized spacial score (nSPS) is 16.7.